The third-order valence-corrected chi connectivity index (χ3v) is 1.11. The maximum atomic E-state index is 11.7. The van der Waals surface area contributed by atoms with Crippen LogP contribution in [0.25, 0.3) is 0 Å². The summed E-state index contributed by atoms with van der Waals surface area (Å²) in [5.41, 5.74) is 0. The highest BCUT2D eigenvalue weighted by Crippen LogP contribution is 2.16. The minimum atomic E-state index is -4.42. The molecule has 1 aromatic heterocycles. The summed E-state index contributed by atoms with van der Waals surface area (Å²) >= 11 is 0. The number of nitriles is 1. The van der Waals surface area contributed by atoms with Crippen molar-refractivity contribution in [1.82, 2.24) is 9.97 Å². The van der Waals surface area contributed by atoms with Crippen molar-refractivity contribution in [2.24, 2.45) is 0 Å². The topological polar surface area (TPSA) is 58.8 Å². The van der Waals surface area contributed by atoms with E-state index < -0.39 is 12.8 Å². The van der Waals surface area contributed by atoms with Gasteiger partial charge in [0.05, 0.1) is 0 Å². The molecule has 14 heavy (non-hydrogen) atoms. The number of rotatable bonds is 2. The minimum absolute atomic E-state index is 0.232. The largest absolute Gasteiger partial charge is 0.468 e. The summed E-state index contributed by atoms with van der Waals surface area (Å²) in [4.78, 5) is 6.87. The van der Waals surface area contributed by atoms with Crippen LogP contribution in [0.1, 0.15) is 5.82 Å². The quantitative estimate of drug-likeness (QED) is 0.726. The van der Waals surface area contributed by atoms with Crippen LogP contribution in [-0.4, -0.2) is 22.8 Å². The maximum Gasteiger partial charge on any atom is 0.422 e. The first-order valence-electron chi connectivity index (χ1n) is 3.44. The van der Waals surface area contributed by atoms with Crippen molar-refractivity contribution in [3.8, 4) is 11.9 Å². The molecular weight excluding hydrogens is 199 g/mol. The van der Waals surface area contributed by atoms with Crippen LogP contribution in [0.4, 0.5) is 13.2 Å². The second-order valence-electron chi connectivity index (χ2n) is 2.23. The van der Waals surface area contributed by atoms with E-state index in [4.69, 9.17) is 5.26 Å². The Morgan fingerprint density at radius 3 is 2.79 bits per heavy atom. The van der Waals surface area contributed by atoms with E-state index in [1.807, 2.05) is 0 Å². The molecule has 0 saturated heterocycles. The smallest absolute Gasteiger partial charge is 0.422 e. The van der Waals surface area contributed by atoms with Gasteiger partial charge in [-0.15, -0.1) is 0 Å². The molecule has 1 aromatic rings. The van der Waals surface area contributed by atoms with Crippen molar-refractivity contribution in [3.05, 3.63) is 18.1 Å². The first-order chi connectivity index (χ1) is 6.51. The Balaban J connectivity index is 2.65. The zero-order chi connectivity index (χ0) is 10.6. The minimum Gasteiger partial charge on any atom is -0.468 e. The van der Waals surface area contributed by atoms with E-state index >= 15 is 0 Å². The van der Waals surface area contributed by atoms with Gasteiger partial charge in [0, 0.05) is 12.3 Å². The highest BCUT2D eigenvalue weighted by molar-refractivity contribution is 5.16. The molecule has 1 rings (SSSR count). The molecule has 0 N–H and O–H groups in total. The Kier molecular flexibility index (Phi) is 2.86. The number of aromatic nitrogens is 2. The fourth-order valence-electron chi connectivity index (χ4n) is 0.632. The average molecular weight is 203 g/mol. The number of halogens is 3. The molecule has 0 aromatic carbocycles. The van der Waals surface area contributed by atoms with Gasteiger partial charge in [-0.1, -0.05) is 0 Å². The first kappa shape index (κ1) is 10.2. The van der Waals surface area contributed by atoms with Crippen LogP contribution >= 0.6 is 0 Å². The molecule has 74 valence electrons. The van der Waals surface area contributed by atoms with E-state index in [1.165, 1.54) is 0 Å². The van der Waals surface area contributed by atoms with Gasteiger partial charge in [0.25, 0.3) is 0 Å². The number of nitrogens with zero attached hydrogens (tertiary/aromatic N) is 3. The number of alkyl halides is 3. The summed E-state index contributed by atoms with van der Waals surface area (Å²) in [6.45, 7) is -1.44. The molecule has 0 amide bonds. The monoisotopic (exact) mass is 203 g/mol. The summed E-state index contributed by atoms with van der Waals surface area (Å²) in [6, 6.07) is 2.73. The molecule has 1 heterocycles. The Morgan fingerprint density at radius 2 is 2.21 bits per heavy atom. The van der Waals surface area contributed by atoms with E-state index in [0.717, 1.165) is 12.3 Å². The van der Waals surface area contributed by atoms with Crippen molar-refractivity contribution in [2.45, 2.75) is 6.18 Å². The molecule has 0 spiro atoms. The van der Waals surface area contributed by atoms with Gasteiger partial charge < -0.3 is 4.74 Å². The van der Waals surface area contributed by atoms with Crippen molar-refractivity contribution in [3.63, 3.8) is 0 Å². The highest BCUT2D eigenvalue weighted by Gasteiger charge is 2.28. The summed E-state index contributed by atoms with van der Waals surface area (Å²) in [5, 5.41) is 8.34. The molecule has 0 atom stereocenters. The second kappa shape index (κ2) is 3.91. The van der Waals surface area contributed by atoms with Gasteiger partial charge in [0.2, 0.25) is 11.7 Å². The van der Waals surface area contributed by atoms with Gasteiger partial charge in [-0.3, -0.25) is 0 Å². The summed E-state index contributed by atoms with van der Waals surface area (Å²) in [7, 11) is 0. The summed E-state index contributed by atoms with van der Waals surface area (Å²) in [5.74, 6) is -0.501. The van der Waals surface area contributed by atoms with Crippen LogP contribution in [0.15, 0.2) is 12.3 Å². The average Bonchev–Trinajstić information content (AvgIpc) is 2.14. The second-order valence-corrected chi connectivity index (χ2v) is 2.23. The lowest BCUT2D eigenvalue weighted by Crippen LogP contribution is -2.19. The fourth-order valence-corrected chi connectivity index (χ4v) is 0.632. The predicted octanol–water partition coefficient (Wildman–Crippen LogP) is 1.29. The zero-order valence-corrected chi connectivity index (χ0v) is 6.75. The Morgan fingerprint density at radius 1 is 1.50 bits per heavy atom. The molecule has 0 fully saturated rings. The van der Waals surface area contributed by atoms with E-state index in [9.17, 15) is 13.2 Å². The summed E-state index contributed by atoms with van der Waals surface area (Å²) in [6.07, 6.45) is -3.27. The fraction of sp³-hybridized carbons (Fsp3) is 0.286. The van der Waals surface area contributed by atoms with Crippen molar-refractivity contribution >= 4 is 0 Å². The Labute approximate surface area is 77.0 Å². The van der Waals surface area contributed by atoms with Gasteiger partial charge in [-0.2, -0.15) is 23.4 Å². The van der Waals surface area contributed by atoms with E-state index in [0.29, 0.717) is 0 Å². The highest BCUT2D eigenvalue weighted by atomic mass is 19.4. The molecule has 0 bridgehead atoms. The molecule has 0 aliphatic carbocycles. The van der Waals surface area contributed by atoms with Gasteiger partial charge in [-0.05, 0) is 0 Å². The zero-order valence-electron chi connectivity index (χ0n) is 6.75. The third kappa shape index (κ3) is 3.26. The van der Waals surface area contributed by atoms with Gasteiger partial charge in [0.1, 0.15) is 6.07 Å². The van der Waals surface area contributed by atoms with Crippen molar-refractivity contribution < 1.29 is 17.9 Å². The number of ether oxygens (including phenoxy) is 1. The molecule has 4 nitrogen and oxygen atoms in total. The van der Waals surface area contributed by atoms with Crippen molar-refractivity contribution in [1.29, 1.82) is 5.26 Å². The van der Waals surface area contributed by atoms with E-state index in [2.05, 4.69) is 14.7 Å². The van der Waals surface area contributed by atoms with Gasteiger partial charge >= 0.3 is 6.18 Å². The molecule has 0 aliphatic rings. The number of hydrogen-bond acceptors (Lipinski definition) is 4. The molecule has 0 saturated carbocycles. The van der Waals surface area contributed by atoms with Crippen LogP contribution in [0, 0.1) is 11.3 Å². The number of hydrogen-bond donors (Lipinski definition) is 0. The molecule has 0 unspecified atom stereocenters. The maximum absolute atomic E-state index is 11.7. The SMILES string of the molecule is N#Cc1nccc(OCC(F)(F)F)n1. The van der Waals surface area contributed by atoms with Crippen LogP contribution in [0.3, 0.4) is 0 Å². The molecule has 0 radical (unpaired) electrons. The normalized spacial score (nSPS) is 10.7. The predicted molar refractivity (Wildman–Crippen MR) is 38.3 cm³/mol. The van der Waals surface area contributed by atoms with Crippen LogP contribution in [-0.2, 0) is 0 Å². The van der Waals surface area contributed by atoms with Crippen molar-refractivity contribution in [2.75, 3.05) is 6.61 Å². The lowest BCUT2D eigenvalue weighted by Gasteiger charge is -2.07. The standard InChI is InChI=1S/C7H4F3N3O/c8-7(9,10)4-14-6-1-2-12-5(3-11)13-6/h1-2H,4H2. The van der Waals surface area contributed by atoms with E-state index in [-0.39, 0.29) is 11.7 Å². The first-order valence-corrected chi connectivity index (χ1v) is 3.44. The lowest BCUT2D eigenvalue weighted by atomic mass is 10.5. The summed E-state index contributed by atoms with van der Waals surface area (Å²) < 4.78 is 39.4. The Bertz CT molecular complexity index is 358. The molecule has 7 heteroatoms. The van der Waals surface area contributed by atoms with Crippen LogP contribution in [0.2, 0.25) is 0 Å². The van der Waals surface area contributed by atoms with Gasteiger partial charge in [-0.25, -0.2) is 4.98 Å². The van der Waals surface area contributed by atoms with Crippen LogP contribution < -0.4 is 4.74 Å². The van der Waals surface area contributed by atoms with Crippen LogP contribution in [0.5, 0.6) is 5.88 Å². The van der Waals surface area contributed by atoms with E-state index in [1.54, 1.807) is 6.07 Å². The molecule has 0 aliphatic heterocycles. The van der Waals surface area contributed by atoms with Gasteiger partial charge in [0.15, 0.2) is 6.61 Å². The Hall–Kier alpha value is -1.84. The molecular formula is C7H4F3N3O. The lowest BCUT2D eigenvalue weighted by molar-refractivity contribution is -0.154. The third-order valence-electron chi connectivity index (χ3n) is 1.11.